The molecule has 1 saturated heterocycles. The Labute approximate surface area is 188 Å². The van der Waals surface area contributed by atoms with E-state index in [2.05, 4.69) is 10.5 Å². The van der Waals surface area contributed by atoms with E-state index in [1.165, 1.54) is 0 Å². The molecule has 170 valence electrons. The van der Waals surface area contributed by atoms with Crippen LogP contribution in [0.3, 0.4) is 0 Å². The number of hydrogen-bond acceptors (Lipinski definition) is 6. The highest BCUT2D eigenvalue weighted by molar-refractivity contribution is 5.95. The maximum atomic E-state index is 12.9. The van der Waals surface area contributed by atoms with Gasteiger partial charge in [-0.25, -0.2) is 5.43 Å². The predicted molar refractivity (Wildman–Crippen MR) is 125 cm³/mol. The number of nitrogens with zero attached hydrogens (tertiary/aromatic N) is 3. The van der Waals surface area contributed by atoms with Crippen LogP contribution in [0.1, 0.15) is 28.8 Å². The lowest BCUT2D eigenvalue weighted by Crippen LogP contribution is -2.42. The summed E-state index contributed by atoms with van der Waals surface area (Å²) in [6.45, 7) is 1.01. The summed E-state index contributed by atoms with van der Waals surface area (Å²) in [6, 6.07) is 13.0. The SMILES string of the molecule is COc1cc(OC)cc(C(=O)N2CCC(C(=O)N/N=C\c3ccc(N(C)C)cc3)CC2)c1. The number of piperidine rings is 1. The standard InChI is InChI=1S/C24H30N4O4/c1-27(2)20-7-5-17(6-8-20)16-25-26-23(29)18-9-11-28(12-10-18)24(30)19-13-21(31-3)15-22(14-19)32-4/h5-8,13-16,18H,9-12H2,1-4H3,(H,26,29)/b25-16-. The zero-order valence-electron chi connectivity index (χ0n) is 19.0. The molecule has 8 nitrogen and oxygen atoms in total. The molecule has 2 aromatic carbocycles. The Kier molecular flexibility index (Phi) is 7.70. The van der Waals surface area contributed by atoms with Crippen molar-refractivity contribution in [3.05, 3.63) is 53.6 Å². The van der Waals surface area contributed by atoms with E-state index in [0.29, 0.717) is 43.0 Å². The Hall–Kier alpha value is -3.55. The van der Waals surface area contributed by atoms with Gasteiger partial charge in [0.25, 0.3) is 5.91 Å². The average molecular weight is 439 g/mol. The van der Waals surface area contributed by atoms with Crippen molar-refractivity contribution >= 4 is 23.7 Å². The molecule has 1 N–H and O–H groups in total. The van der Waals surface area contributed by atoms with Gasteiger partial charge in [-0.1, -0.05) is 12.1 Å². The number of amides is 2. The molecule has 1 aliphatic heterocycles. The Bertz CT molecular complexity index is 942. The molecular formula is C24H30N4O4. The predicted octanol–water partition coefficient (Wildman–Crippen LogP) is 2.77. The van der Waals surface area contributed by atoms with Crippen molar-refractivity contribution in [3.63, 3.8) is 0 Å². The Balaban J connectivity index is 1.51. The van der Waals surface area contributed by atoms with Crippen molar-refractivity contribution in [2.45, 2.75) is 12.8 Å². The van der Waals surface area contributed by atoms with Gasteiger partial charge in [-0.05, 0) is 42.7 Å². The van der Waals surface area contributed by atoms with E-state index in [1.54, 1.807) is 43.5 Å². The van der Waals surface area contributed by atoms with Crippen LogP contribution in [0.15, 0.2) is 47.6 Å². The Morgan fingerprint density at radius 3 is 2.16 bits per heavy atom. The van der Waals surface area contributed by atoms with E-state index in [4.69, 9.17) is 9.47 Å². The van der Waals surface area contributed by atoms with Gasteiger partial charge in [0.1, 0.15) is 11.5 Å². The normalized spacial score (nSPS) is 14.3. The zero-order valence-corrected chi connectivity index (χ0v) is 19.0. The molecule has 2 aromatic rings. The first-order chi connectivity index (χ1) is 15.4. The van der Waals surface area contributed by atoms with Crippen LogP contribution >= 0.6 is 0 Å². The Morgan fingerprint density at radius 1 is 1.03 bits per heavy atom. The fourth-order valence-electron chi connectivity index (χ4n) is 3.58. The van der Waals surface area contributed by atoms with Gasteiger partial charge < -0.3 is 19.3 Å². The summed E-state index contributed by atoms with van der Waals surface area (Å²) >= 11 is 0. The molecule has 0 bridgehead atoms. The van der Waals surface area contributed by atoms with Crippen molar-refractivity contribution in [1.29, 1.82) is 0 Å². The molecule has 0 radical (unpaired) electrons. The van der Waals surface area contributed by atoms with Crippen LogP contribution in [-0.2, 0) is 4.79 Å². The molecule has 0 atom stereocenters. The van der Waals surface area contributed by atoms with Crippen molar-refractivity contribution in [3.8, 4) is 11.5 Å². The van der Waals surface area contributed by atoms with Crippen molar-refractivity contribution in [2.75, 3.05) is 46.3 Å². The highest BCUT2D eigenvalue weighted by atomic mass is 16.5. The third kappa shape index (κ3) is 5.78. The second kappa shape index (κ2) is 10.7. The van der Waals surface area contributed by atoms with Crippen LogP contribution in [0, 0.1) is 5.92 Å². The van der Waals surface area contributed by atoms with Gasteiger partial charge in [-0.2, -0.15) is 5.10 Å². The largest absolute Gasteiger partial charge is 0.497 e. The molecule has 32 heavy (non-hydrogen) atoms. The average Bonchev–Trinajstić information content (AvgIpc) is 2.83. The molecule has 0 saturated carbocycles. The van der Waals surface area contributed by atoms with E-state index in [-0.39, 0.29) is 17.7 Å². The van der Waals surface area contributed by atoms with Gasteiger partial charge in [0.15, 0.2) is 0 Å². The number of anilines is 1. The number of carbonyl (C=O) groups is 2. The molecule has 1 fully saturated rings. The van der Waals surface area contributed by atoms with Gasteiger partial charge in [0, 0.05) is 50.4 Å². The number of rotatable bonds is 7. The number of hydrazone groups is 1. The fraction of sp³-hybridized carbons (Fsp3) is 0.375. The summed E-state index contributed by atoms with van der Waals surface area (Å²) in [7, 11) is 7.06. The third-order valence-electron chi connectivity index (χ3n) is 5.55. The number of ether oxygens (including phenoxy) is 2. The maximum Gasteiger partial charge on any atom is 0.254 e. The summed E-state index contributed by atoms with van der Waals surface area (Å²) in [6.07, 6.45) is 2.81. The molecule has 0 unspecified atom stereocenters. The first-order valence-electron chi connectivity index (χ1n) is 10.5. The van der Waals surface area contributed by atoms with E-state index in [9.17, 15) is 9.59 Å². The minimum absolute atomic E-state index is 0.0970. The Morgan fingerprint density at radius 2 is 1.62 bits per heavy atom. The summed E-state index contributed by atoms with van der Waals surface area (Å²) in [5.74, 6) is 0.737. The molecule has 0 aliphatic carbocycles. The second-order valence-corrected chi connectivity index (χ2v) is 7.89. The van der Waals surface area contributed by atoms with Crippen molar-refractivity contribution in [2.24, 2.45) is 11.0 Å². The smallest absolute Gasteiger partial charge is 0.254 e. The molecule has 1 aliphatic rings. The van der Waals surface area contributed by atoms with E-state index >= 15 is 0 Å². The highest BCUT2D eigenvalue weighted by Gasteiger charge is 2.28. The maximum absolute atomic E-state index is 12.9. The van der Waals surface area contributed by atoms with E-state index in [0.717, 1.165) is 11.3 Å². The van der Waals surface area contributed by atoms with E-state index < -0.39 is 0 Å². The monoisotopic (exact) mass is 438 g/mol. The van der Waals surface area contributed by atoms with Crippen LogP contribution in [0.25, 0.3) is 0 Å². The van der Waals surface area contributed by atoms with Gasteiger partial charge in [-0.15, -0.1) is 0 Å². The van der Waals surface area contributed by atoms with Gasteiger partial charge in [0.2, 0.25) is 5.91 Å². The summed E-state index contributed by atoms with van der Waals surface area (Å²) < 4.78 is 10.5. The van der Waals surface area contributed by atoms with E-state index in [1.807, 2.05) is 43.3 Å². The molecule has 0 spiro atoms. The van der Waals surface area contributed by atoms with Crippen LogP contribution in [0.2, 0.25) is 0 Å². The first kappa shape index (κ1) is 23.1. The lowest BCUT2D eigenvalue weighted by atomic mass is 9.95. The van der Waals surface area contributed by atoms with Crippen molar-refractivity contribution < 1.29 is 19.1 Å². The minimum Gasteiger partial charge on any atom is -0.497 e. The molecular weight excluding hydrogens is 408 g/mol. The third-order valence-corrected chi connectivity index (χ3v) is 5.55. The summed E-state index contributed by atoms with van der Waals surface area (Å²) in [5, 5.41) is 4.08. The number of nitrogens with one attached hydrogen (secondary N) is 1. The molecule has 0 aromatic heterocycles. The lowest BCUT2D eigenvalue weighted by Gasteiger charge is -2.31. The van der Waals surface area contributed by atoms with Crippen molar-refractivity contribution in [1.82, 2.24) is 10.3 Å². The summed E-state index contributed by atoms with van der Waals surface area (Å²) in [5.41, 5.74) is 5.14. The fourth-order valence-corrected chi connectivity index (χ4v) is 3.58. The summed E-state index contributed by atoms with van der Waals surface area (Å²) in [4.78, 5) is 29.1. The van der Waals surface area contributed by atoms with Crippen LogP contribution in [0.4, 0.5) is 5.69 Å². The molecule has 2 amide bonds. The first-order valence-corrected chi connectivity index (χ1v) is 10.5. The molecule has 1 heterocycles. The number of benzene rings is 2. The number of carbonyl (C=O) groups excluding carboxylic acids is 2. The minimum atomic E-state index is -0.174. The zero-order chi connectivity index (χ0) is 23.1. The van der Waals surface area contributed by atoms with Crippen LogP contribution < -0.4 is 19.8 Å². The highest BCUT2D eigenvalue weighted by Crippen LogP contribution is 2.25. The topological polar surface area (TPSA) is 83.5 Å². The lowest BCUT2D eigenvalue weighted by molar-refractivity contribution is -0.126. The number of likely N-dealkylation sites (tertiary alicyclic amines) is 1. The molecule has 3 rings (SSSR count). The van der Waals surface area contributed by atoms with Gasteiger partial charge in [0.05, 0.1) is 20.4 Å². The quantitative estimate of drug-likeness (QED) is 0.531. The number of methoxy groups -OCH3 is 2. The van der Waals surface area contributed by atoms with Gasteiger partial charge in [-0.3, -0.25) is 9.59 Å². The van der Waals surface area contributed by atoms with Crippen LogP contribution in [-0.4, -0.2) is 64.3 Å². The van der Waals surface area contributed by atoms with Crippen LogP contribution in [0.5, 0.6) is 11.5 Å². The second-order valence-electron chi connectivity index (χ2n) is 7.89. The number of hydrogen-bond donors (Lipinski definition) is 1. The molecule has 8 heteroatoms. The van der Waals surface area contributed by atoms with Gasteiger partial charge >= 0.3 is 0 Å².